The molecule has 0 aliphatic heterocycles. The Morgan fingerprint density at radius 1 is 0.905 bits per heavy atom. The number of nitro groups is 1. The van der Waals surface area contributed by atoms with Crippen LogP contribution in [0.25, 0.3) is 0 Å². The molecule has 2 aromatic carbocycles. The number of nitrogen functional groups attached to an aromatic ring is 1. The smallest absolute Gasteiger partial charge is 0.275 e. The quantitative estimate of drug-likeness (QED) is 0.516. The van der Waals surface area contributed by atoms with Crippen molar-refractivity contribution < 1.29 is 19.1 Å². The molecule has 0 amide bonds. The standard InChI is InChI=1S/C14H14N2O5/c1-19-11-6-12(20-2)8-14(7-11)21-13-4-9(15)3-10(5-13)16(17)18/h3-8H,15H2,1-2H3. The van der Waals surface area contributed by atoms with Gasteiger partial charge in [-0.1, -0.05) is 0 Å². The van der Waals surface area contributed by atoms with Crippen LogP contribution >= 0.6 is 0 Å². The van der Waals surface area contributed by atoms with Gasteiger partial charge in [0.1, 0.15) is 23.0 Å². The third-order valence-corrected chi connectivity index (χ3v) is 2.69. The molecule has 110 valence electrons. The molecular formula is C14H14N2O5. The molecule has 0 heterocycles. The topological polar surface area (TPSA) is 96.8 Å². The number of ether oxygens (including phenoxy) is 3. The minimum atomic E-state index is -0.532. The van der Waals surface area contributed by atoms with Gasteiger partial charge in [0, 0.05) is 36.0 Å². The molecule has 0 unspecified atom stereocenters. The van der Waals surface area contributed by atoms with E-state index >= 15 is 0 Å². The number of non-ortho nitro benzene ring substituents is 1. The number of hydrogen-bond acceptors (Lipinski definition) is 6. The number of hydrogen-bond donors (Lipinski definition) is 1. The highest BCUT2D eigenvalue weighted by molar-refractivity contribution is 5.54. The Morgan fingerprint density at radius 2 is 1.43 bits per heavy atom. The Bertz CT molecular complexity index is 650. The van der Waals surface area contributed by atoms with Crippen molar-refractivity contribution in [3.05, 3.63) is 46.5 Å². The minimum absolute atomic E-state index is 0.139. The number of rotatable bonds is 5. The first-order valence-electron chi connectivity index (χ1n) is 5.97. The zero-order valence-corrected chi connectivity index (χ0v) is 11.5. The lowest BCUT2D eigenvalue weighted by Gasteiger charge is -2.10. The summed E-state index contributed by atoms with van der Waals surface area (Å²) in [6.45, 7) is 0. The Kier molecular flexibility index (Phi) is 4.13. The molecule has 0 bridgehead atoms. The summed E-state index contributed by atoms with van der Waals surface area (Å²) < 4.78 is 15.8. The van der Waals surface area contributed by atoms with Crippen LogP contribution in [0.2, 0.25) is 0 Å². The van der Waals surface area contributed by atoms with Crippen LogP contribution in [0.5, 0.6) is 23.0 Å². The molecule has 0 atom stereocenters. The maximum absolute atomic E-state index is 10.8. The van der Waals surface area contributed by atoms with E-state index in [1.54, 1.807) is 18.2 Å². The summed E-state index contributed by atoms with van der Waals surface area (Å²) in [4.78, 5) is 10.3. The van der Waals surface area contributed by atoms with E-state index in [9.17, 15) is 10.1 Å². The Balaban J connectivity index is 2.35. The van der Waals surface area contributed by atoms with Gasteiger partial charge < -0.3 is 19.9 Å². The average molecular weight is 290 g/mol. The molecular weight excluding hydrogens is 276 g/mol. The van der Waals surface area contributed by atoms with Crippen LogP contribution in [0.15, 0.2) is 36.4 Å². The van der Waals surface area contributed by atoms with Gasteiger partial charge in [-0.2, -0.15) is 0 Å². The van der Waals surface area contributed by atoms with E-state index in [0.29, 0.717) is 17.2 Å². The van der Waals surface area contributed by atoms with Gasteiger partial charge in [-0.05, 0) is 0 Å². The molecule has 7 heteroatoms. The maximum Gasteiger partial charge on any atom is 0.275 e. The van der Waals surface area contributed by atoms with Gasteiger partial charge in [-0.3, -0.25) is 10.1 Å². The highest BCUT2D eigenvalue weighted by atomic mass is 16.6. The van der Waals surface area contributed by atoms with E-state index < -0.39 is 4.92 Å². The molecule has 0 aromatic heterocycles. The van der Waals surface area contributed by atoms with Gasteiger partial charge in [0.05, 0.1) is 25.2 Å². The van der Waals surface area contributed by atoms with E-state index in [2.05, 4.69) is 0 Å². The fourth-order valence-electron chi connectivity index (χ4n) is 1.75. The van der Waals surface area contributed by atoms with E-state index in [1.165, 1.54) is 32.4 Å². The SMILES string of the molecule is COc1cc(OC)cc(Oc2cc(N)cc([N+](=O)[O-])c2)c1. The van der Waals surface area contributed by atoms with Crippen LogP contribution < -0.4 is 19.9 Å². The van der Waals surface area contributed by atoms with Crippen LogP contribution in [0.4, 0.5) is 11.4 Å². The molecule has 2 aromatic rings. The van der Waals surface area contributed by atoms with Crippen LogP contribution in [0.3, 0.4) is 0 Å². The van der Waals surface area contributed by atoms with Gasteiger partial charge in [0.2, 0.25) is 0 Å². The molecule has 0 saturated heterocycles. The van der Waals surface area contributed by atoms with Crippen LogP contribution in [-0.2, 0) is 0 Å². The van der Waals surface area contributed by atoms with Crippen molar-refractivity contribution in [2.24, 2.45) is 0 Å². The predicted molar refractivity (Wildman–Crippen MR) is 77.1 cm³/mol. The zero-order chi connectivity index (χ0) is 15.4. The van der Waals surface area contributed by atoms with Crippen LogP contribution in [0.1, 0.15) is 0 Å². The van der Waals surface area contributed by atoms with Gasteiger partial charge >= 0.3 is 0 Å². The number of nitro benzene ring substituents is 1. The van der Waals surface area contributed by atoms with E-state index in [1.807, 2.05) is 0 Å². The maximum atomic E-state index is 10.8. The lowest BCUT2D eigenvalue weighted by Crippen LogP contribution is -1.94. The molecule has 0 aliphatic carbocycles. The summed E-state index contributed by atoms with van der Waals surface area (Å²) in [5, 5.41) is 10.8. The zero-order valence-electron chi connectivity index (χ0n) is 11.5. The second kappa shape index (κ2) is 6.00. The molecule has 0 fully saturated rings. The highest BCUT2D eigenvalue weighted by Crippen LogP contribution is 2.33. The van der Waals surface area contributed by atoms with Crippen molar-refractivity contribution in [2.75, 3.05) is 20.0 Å². The van der Waals surface area contributed by atoms with Gasteiger partial charge in [0.15, 0.2) is 0 Å². The van der Waals surface area contributed by atoms with Crippen molar-refractivity contribution >= 4 is 11.4 Å². The monoisotopic (exact) mass is 290 g/mol. The first kappa shape index (κ1) is 14.4. The normalized spacial score (nSPS) is 10.0. The Morgan fingerprint density at radius 3 is 1.95 bits per heavy atom. The van der Waals surface area contributed by atoms with E-state index in [4.69, 9.17) is 19.9 Å². The molecule has 2 rings (SSSR count). The number of benzene rings is 2. The summed E-state index contributed by atoms with van der Waals surface area (Å²) in [5.41, 5.74) is 5.73. The van der Waals surface area contributed by atoms with E-state index in [0.717, 1.165) is 0 Å². The summed E-state index contributed by atoms with van der Waals surface area (Å²) in [6, 6.07) is 9.02. The molecule has 0 saturated carbocycles. The number of nitrogens with two attached hydrogens (primary N) is 1. The number of nitrogens with zero attached hydrogens (tertiary/aromatic N) is 1. The summed E-state index contributed by atoms with van der Waals surface area (Å²) in [7, 11) is 3.04. The molecule has 21 heavy (non-hydrogen) atoms. The third kappa shape index (κ3) is 3.53. The summed E-state index contributed by atoms with van der Waals surface area (Å²) in [6.07, 6.45) is 0. The molecule has 0 aliphatic rings. The fourth-order valence-corrected chi connectivity index (χ4v) is 1.75. The largest absolute Gasteiger partial charge is 0.496 e. The van der Waals surface area contributed by atoms with Crippen molar-refractivity contribution in [1.82, 2.24) is 0 Å². The van der Waals surface area contributed by atoms with E-state index in [-0.39, 0.29) is 17.1 Å². The number of anilines is 1. The van der Waals surface area contributed by atoms with Gasteiger partial charge in [0.25, 0.3) is 5.69 Å². The highest BCUT2D eigenvalue weighted by Gasteiger charge is 2.11. The molecule has 0 radical (unpaired) electrons. The first-order chi connectivity index (χ1) is 10.0. The van der Waals surface area contributed by atoms with Crippen LogP contribution in [-0.4, -0.2) is 19.1 Å². The molecule has 7 nitrogen and oxygen atoms in total. The van der Waals surface area contributed by atoms with Gasteiger partial charge in [-0.25, -0.2) is 0 Å². The fraction of sp³-hybridized carbons (Fsp3) is 0.143. The van der Waals surface area contributed by atoms with Crippen molar-refractivity contribution in [3.63, 3.8) is 0 Å². The van der Waals surface area contributed by atoms with Crippen LogP contribution in [0, 0.1) is 10.1 Å². The second-order valence-corrected chi connectivity index (χ2v) is 4.17. The van der Waals surface area contributed by atoms with Crippen molar-refractivity contribution in [2.45, 2.75) is 0 Å². The van der Waals surface area contributed by atoms with Crippen molar-refractivity contribution in [3.8, 4) is 23.0 Å². The lowest BCUT2D eigenvalue weighted by atomic mass is 10.2. The Labute approximate surface area is 121 Å². The third-order valence-electron chi connectivity index (χ3n) is 2.69. The lowest BCUT2D eigenvalue weighted by molar-refractivity contribution is -0.384. The summed E-state index contributed by atoms with van der Waals surface area (Å²) in [5.74, 6) is 1.77. The minimum Gasteiger partial charge on any atom is -0.496 e. The molecule has 2 N–H and O–H groups in total. The molecule has 0 spiro atoms. The number of methoxy groups -OCH3 is 2. The van der Waals surface area contributed by atoms with Crippen molar-refractivity contribution in [1.29, 1.82) is 0 Å². The Hall–Kier alpha value is -2.96. The average Bonchev–Trinajstić information content (AvgIpc) is 2.46. The summed E-state index contributed by atoms with van der Waals surface area (Å²) >= 11 is 0. The first-order valence-corrected chi connectivity index (χ1v) is 5.97. The second-order valence-electron chi connectivity index (χ2n) is 4.17. The van der Waals surface area contributed by atoms with Gasteiger partial charge in [-0.15, -0.1) is 0 Å². The predicted octanol–water partition coefficient (Wildman–Crippen LogP) is 2.99.